The van der Waals surface area contributed by atoms with E-state index in [9.17, 15) is 9.59 Å². The number of nitrogens with zero attached hydrogens (tertiary/aromatic N) is 1. The lowest BCUT2D eigenvalue weighted by molar-refractivity contribution is -0.138. The number of ether oxygens (including phenoxy) is 2. The summed E-state index contributed by atoms with van der Waals surface area (Å²) in [6.45, 7) is 3.68. The third-order valence-electron chi connectivity index (χ3n) is 3.86. The Morgan fingerprint density at radius 2 is 1.86 bits per heavy atom. The van der Waals surface area contributed by atoms with Crippen LogP contribution in [0.2, 0.25) is 0 Å². The van der Waals surface area contributed by atoms with Gasteiger partial charge in [0.2, 0.25) is 0 Å². The molecule has 0 amide bonds. The molecular weight excluding hydrogens is 270 g/mol. The lowest BCUT2D eigenvalue weighted by Crippen LogP contribution is -2.35. The molecule has 0 saturated carbocycles. The predicted molar refractivity (Wildman–Crippen MR) is 78.7 cm³/mol. The largest absolute Gasteiger partial charge is 0.466 e. The maximum absolute atomic E-state index is 12.2. The summed E-state index contributed by atoms with van der Waals surface area (Å²) in [5, 5.41) is 0. The van der Waals surface area contributed by atoms with E-state index in [4.69, 9.17) is 4.74 Å². The molecule has 0 radical (unpaired) electrons. The Hall–Kier alpha value is -2.43. The molecule has 0 bridgehead atoms. The Morgan fingerprint density at radius 1 is 1.19 bits per heavy atom. The zero-order valence-corrected chi connectivity index (χ0v) is 12.5. The van der Waals surface area contributed by atoms with Crippen molar-refractivity contribution in [1.29, 1.82) is 0 Å². The van der Waals surface area contributed by atoms with E-state index in [-0.39, 0.29) is 5.57 Å². The second-order valence-electron chi connectivity index (χ2n) is 4.91. The maximum atomic E-state index is 12.2. The van der Waals surface area contributed by atoms with Gasteiger partial charge in [0.25, 0.3) is 0 Å². The molecule has 0 aromatic heterocycles. The summed E-state index contributed by atoms with van der Waals surface area (Å²) in [5.74, 6) is -1.18. The molecule has 1 heterocycles. The van der Waals surface area contributed by atoms with Crippen LogP contribution in [0.15, 0.2) is 40.9 Å². The van der Waals surface area contributed by atoms with Gasteiger partial charge < -0.3 is 9.47 Å². The fourth-order valence-corrected chi connectivity index (χ4v) is 2.52. The first-order chi connectivity index (χ1) is 9.94. The van der Waals surface area contributed by atoms with Crippen LogP contribution in [0.4, 0.5) is 5.69 Å². The fourth-order valence-electron chi connectivity index (χ4n) is 2.52. The highest BCUT2D eigenvalue weighted by atomic mass is 16.5. The summed E-state index contributed by atoms with van der Waals surface area (Å²) in [5.41, 5.74) is 1.78. The highest BCUT2D eigenvalue weighted by Gasteiger charge is 2.43. The predicted octanol–water partition coefficient (Wildman–Crippen LogP) is 2.32. The van der Waals surface area contributed by atoms with Crippen LogP contribution in [0.25, 0.3) is 0 Å². The van der Waals surface area contributed by atoms with E-state index in [1.165, 1.54) is 20.3 Å². The molecule has 0 fully saturated rings. The van der Waals surface area contributed by atoms with Crippen LogP contribution < -0.4 is 0 Å². The van der Waals surface area contributed by atoms with Gasteiger partial charge >= 0.3 is 11.9 Å². The summed E-state index contributed by atoms with van der Waals surface area (Å²) in [7, 11) is 2.55. The molecule has 1 aliphatic heterocycles. The topological polar surface area (TPSA) is 65.0 Å². The van der Waals surface area contributed by atoms with E-state index in [2.05, 4.69) is 9.73 Å². The van der Waals surface area contributed by atoms with E-state index in [0.29, 0.717) is 0 Å². The van der Waals surface area contributed by atoms with Crippen LogP contribution in [0.5, 0.6) is 0 Å². The number of hydrogen-bond acceptors (Lipinski definition) is 5. The normalized spacial score (nSPS) is 20.6. The highest BCUT2D eigenvalue weighted by molar-refractivity contribution is 6.11. The zero-order chi connectivity index (χ0) is 15.6. The summed E-state index contributed by atoms with van der Waals surface area (Å²) < 4.78 is 9.47. The minimum absolute atomic E-state index is 0.211. The van der Waals surface area contributed by atoms with Gasteiger partial charge in [-0.2, -0.15) is 0 Å². The number of fused-ring (bicyclic) bond motifs is 1. The number of hydrogen-bond donors (Lipinski definition) is 0. The lowest BCUT2D eigenvalue weighted by Gasteiger charge is -2.27. The molecule has 1 aromatic carbocycles. The van der Waals surface area contributed by atoms with E-state index >= 15 is 0 Å². The average Bonchev–Trinajstić information content (AvgIpc) is 2.76. The number of esters is 2. The monoisotopic (exact) mass is 287 g/mol. The molecule has 1 atom stereocenters. The molecule has 5 heteroatoms. The Bertz CT molecular complexity index is 660. The van der Waals surface area contributed by atoms with Gasteiger partial charge in [0.15, 0.2) is 0 Å². The molecule has 110 valence electrons. The molecule has 0 N–H and O–H groups in total. The minimum atomic E-state index is -0.808. The third kappa shape index (κ3) is 2.35. The highest BCUT2D eigenvalue weighted by Crippen LogP contribution is 2.44. The van der Waals surface area contributed by atoms with Crippen LogP contribution >= 0.6 is 0 Å². The van der Waals surface area contributed by atoms with Crippen LogP contribution in [0.1, 0.15) is 19.4 Å². The van der Waals surface area contributed by atoms with Crippen LogP contribution in [-0.2, 0) is 24.5 Å². The SMILES string of the molecule is COC(=O)/C=C(\C(=O)OC)C1(C)C(C)=Nc2ccccc21. The molecule has 0 aliphatic carbocycles. The first-order valence-corrected chi connectivity index (χ1v) is 6.48. The number of benzene rings is 1. The van der Waals surface area contributed by atoms with Gasteiger partial charge in [0.1, 0.15) is 0 Å². The van der Waals surface area contributed by atoms with Crippen molar-refractivity contribution < 1.29 is 19.1 Å². The van der Waals surface area contributed by atoms with Gasteiger partial charge in [0, 0.05) is 11.8 Å². The fraction of sp³-hybridized carbons (Fsp3) is 0.312. The Labute approximate surface area is 123 Å². The Kier molecular flexibility index (Phi) is 3.93. The van der Waals surface area contributed by atoms with Crippen molar-refractivity contribution in [2.45, 2.75) is 19.3 Å². The molecule has 1 aromatic rings. The Balaban J connectivity index is 2.64. The standard InChI is InChI=1S/C16H17NO4/c1-10-16(2,11-7-5-6-8-13(11)17-10)12(15(19)21-4)9-14(18)20-3/h5-9H,1-4H3/b12-9+. The molecule has 1 aliphatic rings. The first kappa shape index (κ1) is 15.0. The average molecular weight is 287 g/mol. The zero-order valence-electron chi connectivity index (χ0n) is 12.5. The quantitative estimate of drug-likeness (QED) is 0.632. The molecule has 1 unspecified atom stereocenters. The minimum Gasteiger partial charge on any atom is -0.466 e. The molecule has 5 nitrogen and oxygen atoms in total. The number of aliphatic imine (C=N–C) groups is 1. The van der Waals surface area contributed by atoms with Gasteiger partial charge in [-0.3, -0.25) is 4.99 Å². The van der Waals surface area contributed by atoms with Crippen molar-refractivity contribution in [2.24, 2.45) is 4.99 Å². The molecule has 0 saturated heterocycles. The number of rotatable bonds is 3. The van der Waals surface area contributed by atoms with Gasteiger partial charge in [-0.1, -0.05) is 18.2 Å². The number of para-hydroxylation sites is 1. The summed E-state index contributed by atoms with van der Waals surface area (Å²) in [6.07, 6.45) is 1.17. The van der Waals surface area contributed by atoms with Gasteiger partial charge in [-0.15, -0.1) is 0 Å². The Morgan fingerprint density at radius 3 is 2.48 bits per heavy atom. The molecular formula is C16H17NO4. The van der Waals surface area contributed by atoms with Crippen molar-refractivity contribution in [1.82, 2.24) is 0 Å². The van der Waals surface area contributed by atoms with E-state index in [1.807, 2.05) is 38.1 Å². The van der Waals surface area contributed by atoms with E-state index in [0.717, 1.165) is 17.0 Å². The molecule has 21 heavy (non-hydrogen) atoms. The van der Waals surface area contributed by atoms with E-state index in [1.54, 1.807) is 0 Å². The summed E-state index contributed by atoms with van der Waals surface area (Å²) in [4.78, 5) is 28.3. The van der Waals surface area contributed by atoms with Gasteiger partial charge in [-0.05, 0) is 25.5 Å². The van der Waals surface area contributed by atoms with Gasteiger partial charge in [0.05, 0.1) is 30.9 Å². The van der Waals surface area contributed by atoms with Crippen molar-refractivity contribution in [3.63, 3.8) is 0 Å². The van der Waals surface area contributed by atoms with Crippen molar-refractivity contribution >= 4 is 23.3 Å². The van der Waals surface area contributed by atoms with Crippen molar-refractivity contribution in [3.05, 3.63) is 41.5 Å². The number of methoxy groups -OCH3 is 2. The molecule has 0 spiro atoms. The third-order valence-corrected chi connectivity index (χ3v) is 3.86. The second kappa shape index (κ2) is 5.52. The second-order valence-corrected chi connectivity index (χ2v) is 4.91. The maximum Gasteiger partial charge on any atom is 0.335 e. The van der Waals surface area contributed by atoms with Crippen LogP contribution in [-0.4, -0.2) is 31.9 Å². The summed E-state index contributed by atoms with van der Waals surface area (Å²) >= 11 is 0. The van der Waals surface area contributed by atoms with Gasteiger partial charge in [-0.25, -0.2) is 9.59 Å². The smallest absolute Gasteiger partial charge is 0.335 e. The number of carbonyl (C=O) groups is 2. The molecule has 2 rings (SSSR count). The van der Waals surface area contributed by atoms with Crippen LogP contribution in [0, 0.1) is 0 Å². The lowest BCUT2D eigenvalue weighted by atomic mass is 9.73. The number of carbonyl (C=O) groups excluding carboxylic acids is 2. The van der Waals surface area contributed by atoms with Crippen molar-refractivity contribution in [2.75, 3.05) is 14.2 Å². The summed E-state index contributed by atoms with van der Waals surface area (Å²) in [6, 6.07) is 7.52. The van der Waals surface area contributed by atoms with Crippen LogP contribution in [0.3, 0.4) is 0 Å². The van der Waals surface area contributed by atoms with E-state index < -0.39 is 17.4 Å². The first-order valence-electron chi connectivity index (χ1n) is 6.48. The van der Waals surface area contributed by atoms with Crippen molar-refractivity contribution in [3.8, 4) is 0 Å².